The van der Waals surface area contributed by atoms with Crippen molar-refractivity contribution in [2.24, 2.45) is 4.99 Å². The van der Waals surface area contributed by atoms with Gasteiger partial charge in [-0.15, -0.1) is 24.0 Å². The van der Waals surface area contributed by atoms with Gasteiger partial charge >= 0.3 is 0 Å². The minimum Gasteiger partial charge on any atom is -0.489 e. The van der Waals surface area contributed by atoms with Crippen molar-refractivity contribution in [1.82, 2.24) is 15.1 Å². The van der Waals surface area contributed by atoms with E-state index in [1.807, 2.05) is 29.2 Å². The Bertz CT molecular complexity index is 613. The maximum atomic E-state index is 11.5. The summed E-state index contributed by atoms with van der Waals surface area (Å²) >= 11 is 0. The first kappa shape index (κ1) is 22.3. The minimum absolute atomic E-state index is 0. The van der Waals surface area contributed by atoms with Gasteiger partial charge in [0.15, 0.2) is 5.96 Å². The predicted octanol–water partition coefficient (Wildman–Crippen LogP) is 2.50. The molecule has 26 heavy (non-hydrogen) atoms. The van der Waals surface area contributed by atoms with E-state index in [4.69, 9.17) is 9.73 Å². The number of hydrogen-bond donors (Lipinski definition) is 1. The molecule has 0 aliphatic carbocycles. The molecule has 1 aromatic rings. The van der Waals surface area contributed by atoms with E-state index in [0.717, 1.165) is 50.0 Å². The number of nitrogens with one attached hydrogen (secondary N) is 1. The van der Waals surface area contributed by atoms with Crippen LogP contribution in [0.2, 0.25) is 0 Å². The smallest absolute Gasteiger partial charge is 0.219 e. The van der Waals surface area contributed by atoms with E-state index < -0.39 is 0 Å². The zero-order valence-electron chi connectivity index (χ0n) is 15.6. The molecular formula is C19H29IN4O2. The van der Waals surface area contributed by atoms with E-state index in [1.165, 1.54) is 0 Å². The summed E-state index contributed by atoms with van der Waals surface area (Å²) in [4.78, 5) is 20.3. The summed E-state index contributed by atoms with van der Waals surface area (Å²) in [5.41, 5.74) is 1.04. The maximum absolute atomic E-state index is 11.5. The molecule has 0 radical (unpaired) electrons. The normalized spacial score (nSPS) is 14.5. The predicted molar refractivity (Wildman–Crippen MR) is 116 cm³/mol. The summed E-state index contributed by atoms with van der Waals surface area (Å²) in [6.07, 6.45) is 1.73. The number of carbonyl (C=O) groups excluding carboxylic acids is 1. The Morgan fingerprint density at radius 1 is 1.27 bits per heavy atom. The van der Waals surface area contributed by atoms with Crippen LogP contribution >= 0.6 is 24.0 Å². The van der Waals surface area contributed by atoms with Gasteiger partial charge in [0, 0.05) is 45.2 Å². The third kappa shape index (κ3) is 6.51. The number of amides is 1. The van der Waals surface area contributed by atoms with Crippen LogP contribution in [0.15, 0.2) is 41.9 Å². The van der Waals surface area contributed by atoms with E-state index in [2.05, 4.69) is 23.7 Å². The van der Waals surface area contributed by atoms with Crippen molar-refractivity contribution in [2.75, 3.05) is 39.3 Å². The van der Waals surface area contributed by atoms with Crippen LogP contribution in [0.25, 0.3) is 0 Å². The molecule has 1 aliphatic heterocycles. The molecule has 0 spiro atoms. The van der Waals surface area contributed by atoms with Crippen LogP contribution < -0.4 is 10.1 Å². The van der Waals surface area contributed by atoms with Gasteiger partial charge in [0.25, 0.3) is 0 Å². The third-order valence-electron chi connectivity index (χ3n) is 4.09. The van der Waals surface area contributed by atoms with Crippen LogP contribution in [0, 0.1) is 0 Å². The lowest BCUT2D eigenvalue weighted by molar-refractivity contribution is -0.130. The Balaban J connectivity index is 0.00000338. The molecule has 1 heterocycles. The third-order valence-corrected chi connectivity index (χ3v) is 4.09. The van der Waals surface area contributed by atoms with E-state index in [9.17, 15) is 4.79 Å². The van der Waals surface area contributed by atoms with Crippen molar-refractivity contribution in [3.63, 3.8) is 0 Å². The van der Waals surface area contributed by atoms with Gasteiger partial charge in [-0.2, -0.15) is 0 Å². The lowest BCUT2D eigenvalue weighted by Crippen LogP contribution is -2.53. The van der Waals surface area contributed by atoms with E-state index in [-0.39, 0.29) is 29.9 Å². The molecular weight excluding hydrogens is 443 g/mol. The highest BCUT2D eigenvalue weighted by atomic mass is 127. The van der Waals surface area contributed by atoms with E-state index in [0.29, 0.717) is 13.2 Å². The van der Waals surface area contributed by atoms with Gasteiger partial charge in [-0.05, 0) is 13.0 Å². The molecule has 1 fully saturated rings. The quantitative estimate of drug-likeness (QED) is 0.299. The van der Waals surface area contributed by atoms with Crippen molar-refractivity contribution in [3.8, 4) is 5.75 Å². The second-order valence-electron chi connectivity index (χ2n) is 5.87. The number of rotatable bonds is 6. The zero-order valence-corrected chi connectivity index (χ0v) is 17.9. The van der Waals surface area contributed by atoms with Crippen molar-refractivity contribution in [2.45, 2.75) is 20.4 Å². The van der Waals surface area contributed by atoms with Crippen molar-refractivity contribution < 1.29 is 9.53 Å². The summed E-state index contributed by atoms with van der Waals surface area (Å²) in [6.45, 7) is 12.2. The molecule has 1 aromatic carbocycles. The summed E-state index contributed by atoms with van der Waals surface area (Å²) in [7, 11) is 0. The topological polar surface area (TPSA) is 57.2 Å². The van der Waals surface area contributed by atoms with Crippen LogP contribution in [0.4, 0.5) is 0 Å². The summed E-state index contributed by atoms with van der Waals surface area (Å²) < 4.78 is 5.70. The fourth-order valence-corrected chi connectivity index (χ4v) is 2.74. The van der Waals surface area contributed by atoms with Crippen molar-refractivity contribution in [1.29, 1.82) is 0 Å². The van der Waals surface area contributed by atoms with Crippen LogP contribution in [-0.2, 0) is 11.3 Å². The Labute approximate surface area is 173 Å². The van der Waals surface area contributed by atoms with Gasteiger partial charge in [0.1, 0.15) is 12.4 Å². The summed E-state index contributed by atoms with van der Waals surface area (Å²) in [5.74, 6) is 1.85. The van der Waals surface area contributed by atoms with Gasteiger partial charge < -0.3 is 19.9 Å². The van der Waals surface area contributed by atoms with Crippen LogP contribution in [0.1, 0.15) is 19.4 Å². The van der Waals surface area contributed by atoms with Gasteiger partial charge in [-0.3, -0.25) is 4.79 Å². The first-order chi connectivity index (χ1) is 12.2. The van der Waals surface area contributed by atoms with Gasteiger partial charge in [-0.25, -0.2) is 4.99 Å². The standard InChI is InChI=1S/C19H28N4O2.HI/c1-4-14-25-18-9-7-6-8-17(18)15-21-19(20-5-2)23-12-10-22(11-13-23)16(3)24;/h4,6-9H,1,5,10-15H2,2-3H3,(H,20,21);1H. The van der Waals surface area contributed by atoms with Gasteiger partial charge in [-0.1, -0.05) is 30.9 Å². The number of halogens is 1. The van der Waals surface area contributed by atoms with Gasteiger partial charge in [0.05, 0.1) is 6.54 Å². The number of para-hydroxylation sites is 1. The zero-order chi connectivity index (χ0) is 18.1. The maximum Gasteiger partial charge on any atom is 0.219 e. The number of benzene rings is 1. The van der Waals surface area contributed by atoms with E-state index >= 15 is 0 Å². The number of guanidine groups is 1. The number of hydrogen-bond acceptors (Lipinski definition) is 3. The number of piperazine rings is 1. The first-order valence-corrected chi connectivity index (χ1v) is 8.76. The number of nitrogens with zero attached hydrogens (tertiary/aromatic N) is 3. The molecule has 144 valence electrons. The average molecular weight is 472 g/mol. The SMILES string of the molecule is C=CCOc1ccccc1CN=C(NCC)N1CCN(C(C)=O)CC1.I. The largest absolute Gasteiger partial charge is 0.489 e. The lowest BCUT2D eigenvalue weighted by atomic mass is 10.2. The molecule has 7 heteroatoms. The molecule has 0 aromatic heterocycles. The monoisotopic (exact) mass is 472 g/mol. The molecule has 0 atom stereocenters. The van der Waals surface area contributed by atoms with E-state index in [1.54, 1.807) is 13.0 Å². The number of carbonyl (C=O) groups is 1. The number of ether oxygens (including phenoxy) is 1. The van der Waals surface area contributed by atoms with Gasteiger partial charge in [0.2, 0.25) is 5.91 Å². The van der Waals surface area contributed by atoms with Crippen LogP contribution in [0.3, 0.4) is 0 Å². The molecule has 0 unspecified atom stereocenters. The fraction of sp³-hybridized carbons (Fsp3) is 0.474. The Kier molecular flexibility index (Phi) is 10.1. The number of aliphatic imine (C=N–C) groups is 1. The molecule has 0 saturated carbocycles. The highest BCUT2D eigenvalue weighted by Crippen LogP contribution is 2.19. The second kappa shape index (κ2) is 11.8. The second-order valence-corrected chi connectivity index (χ2v) is 5.87. The highest BCUT2D eigenvalue weighted by Gasteiger charge is 2.20. The lowest BCUT2D eigenvalue weighted by Gasteiger charge is -2.36. The summed E-state index contributed by atoms with van der Waals surface area (Å²) in [5, 5.41) is 3.34. The van der Waals surface area contributed by atoms with Crippen molar-refractivity contribution in [3.05, 3.63) is 42.5 Å². The fourth-order valence-electron chi connectivity index (χ4n) is 2.74. The van der Waals surface area contributed by atoms with Crippen LogP contribution in [-0.4, -0.2) is 61.0 Å². The first-order valence-electron chi connectivity index (χ1n) is 8.76. The molecule has 1 N–H and O–H groups in total. The average Bonchev–Trinajstić information content (AvgIpc) is 2.64. The molecule has 2 rings (SSSR count). The Hall–Kier alpha value is -1.77. The molecule has 1 amide bonds. The Morgan fingerprint density at radius 3 is 2.54 bits per heavy atom. The summed E-state index contributed by atoms with van der Waals surface area (Å²) in [6, 6.07) is 7.92. The van der Waals surface area contributed by atoms with Crippen LogP contribution in [0.5, 0.6) is 5.75 Å². The highest BCUT2D eigenvalue weighted by molar-refractivity contribution is 14.0. The molecule has 1 aliphatic rings. The van der Waals surface area contributed by atoms with Crippen molar-refractivity contribution >= 4 is 35.8 Å². The molecule has 0 bridgehead atoms. The molecule has 6 nitrogen and oxygen atoms in total. The molecule has 1 saturated heterocycles. The minimum atomic E-state index is 0. The Morgan fingerprint density at radius 2 is 1.92 bits per heavy atom.